The molecular formula is C13H18FN3O. The van der Waals surface area contributed by atoms with Crippen molar-refractivity contribution in [2.45, 2.75) is 25.8 Å². The number of hydrogen-bond acceptors (Lipinski definition) is 3. The number of halogens is 1. The maximum Gasteiger partial charge on any atom is 0.239 e. The zero-order valence-corrected chi connectivity index (χ0v) is 10.7. The van der Waals surface area contributed by atoms with Crippen molar-refractivity contribution in [3.8, 4) is 0 Å². The Morgan fingerprint density at radius 1 is 1.56 bits per heavy atom. The van der Waals surface area contributed by atoms with Crippen molar-refractivity contribution < 1.29 is 9.18 Å². The highest BCUT2D eigenvalue weighted by molar-refractivity contribution is 5.83. The molecule has 0 bridgehead atoms. The number of likely N-dealkylation sites (N-methyl/N-ethyl adjacent to an activating group) is 1. The number of carbonyl (C=O) groups excluding carboxylic acids is 1. The number of nitrogens with two attached hydrogens (primary N) is 1. The molecule has 5 heteroatoms. The van der Waals surface area contributed by atoms with Gasteiger partial charge < -0.3 is 16.0 Å². The molecule has 3 N–H and O–H groups in total. The predicted octanol–water partition coefficient (Wildman–Crippen LogP) is 1.43. The molecule has 1 saturated carbocycles. The molecule has 0 spiro atoms. The minimum Gasteiger partial charge on any atom is -0.397 e. The normalized spacial score (nSPS) is 14.4. The van der Waals surface area contributed by atoms with Gasteiger partial charge in [0.15, 0.2) is 0 Å². The molecule has 1 aliphatic carbocycles. The van der Waals surface area contributed by atoms with Crippen molar-refractivity contribution in [2.24, 2.45) is 0 Å². The summed E-state index contributed by atoms with van der Waals surface area (Å²) >= 11 is 0. The minimum atomic E-state index is -0.327. The van der Waals surface area contributed by atoms with Crippen LogP contribution in [0.1, 0.15) is 18.4 Å². The number of rotatable bonds is 4. The standard InChI is InChI=1S/C13H18FN3O/c1-8-5-12(11(15)6-10(8)14)17(2)7-13(18)16-9-3-4-9/h5-6,9H,3-4,7,15H2,1-2H3,(H,16,18). The van der Waals surface area contributed by atoms with Gasteiger partial charge in [-0.1, -0.05) is 0 Å². The number of amides is 1. The number of benzene rings is 1. The molecule has 0 aliphatic heterocycles. The van der Waals surface area contributed by atoms with E-state index in [9.17, 15) is 9.18 Å². The second-order valence-corrected chi connectivity index (χ2v) is 4.86. The van der Waals surface area contributed by atoms with Crippen molar-refractivity contribution in [1.82, 2.24) is 5.32 Å². The van der Waals surface area contributed by atoms with Crippen LogP contribution >= 0.6 is 0 Å². The van der Waals surface area contributed by atoms with Gasteiger partial charge in [0.05, 0.1) is 17.9 Å². The fraction of sp³-hybridized carbons (Fsp3) is 0.462. The molecule has 1 aliphatic rings. The van der Waals surface area contributed by atoms with Gasteiger partial charge in [0, 0.05) is 13.1 Å². The lowest BCUT2D eigenvalue weighted by Gasteiger charge is -2.21. The summed E-state index contributed by atoms with van der Waals surface area (Å²) in [4.78, 5) is 13.4. The van der Waals surface area contributed by atoms with Gasteiger partial charge in [-0.15, -0.1) is 0 Å². The van der Waals surface area contributed by atoms with Crippen molar-refractivity contribution in [1.29, 1.82) is 0 Å². The van der Waals surface area contributed by atoms with E-state index in [1.165, 1.54) is 6.07 Å². The first-order valence-electron chi connectivity index (χ1n) is 6.03. The second kappa shape index (κ2) is 4.84. The molecule has 1 amide bonds. The van der Waals surface area contributed by atoms with Gasteiger partial charge in [-0.05, 0) is 37.5 Å². The molecule has 4 nitrogen and oxygen atoms in total. The van der Waals surface area contributed by atoms with Crippen LogP contribution < -0.4 is 16.0 Å². The Morgan fingerprint density at radius 3 is 2.83 bits per heavy atom. The van der Waals surface area contributed by atoms with Crippen molar-refractivity contribution in [3.05, 3.63) is 23.5 Å². The lowest BCUT2D eigenvalue weighted by molar-refractivity contribution is -0.119. The van der Waals surface area contributed by atoms with Crippen LogP contribution in [0.25, 0.3) is 0 Å². The summed E-state index contributed by atoms with van der Waals surface area (Å²) in [6.07, 6.45) is 2.13. The molecule has 0 saturated heterocycles. The Labute approximate surface area is 106 Å². The fourth-order valence-corrected chi connectivity index (χ4v) is 1.81. The van der Waals surface area contributed by atoms with Crippen LogP contribution in [-0.2, 0) is 4.79 Å². The monoisotopic (exact) mass is 251 g/mol. The van der Waals surface area contributed by atoms with Gasteiger partial charge in [-0.2, -0.15) is 0 Å². The summed E-state index contributed by atoms with van der Waals surface area (Å²) in [5.41, 5.74) is 7.32. The van der Waals surface area contributed by atoms with E-state index in [-0.39, 0.29) is 18.3 Å². The molecule has 1 aromatic carbocycles. The molecule has 0 atom stereocenters. The van der Waals surface area contributed by atoms with Crippen LogP contribution in [0.5, 0.6) is 0 Å². The molecule has 1 aromatic rings. The van der Waals surface area contributed by atoms with Crippen molar-refractivity contribution in [3.63, 3.8) is 0 Å². The summed E-state index contributed by atoms with van der Waals surface area (Å²) in [5.74, 6) is -0.353. The van der Waals surface area contributed by atoms with Crippen LogP contribution in [0.15, 0.2) is 12.1 Å². The van der Waals surface area contributed by atoms with E-state index < -0.39 is 0 Å². The Balaban J connectivity index is 2.05. The maximum atomic E-state index is 13.3. The zero-order chi connectivity index (χ0) is 13.3. The van der Waals surface area contributed by atoms with Crippen LogP contribution in [0.4, 0.5) is 15.8 Å². The maximum absolute atomic E-state index is 13.3. The predicted molar refractivity (Wildman–Crippen MR) is 70.0 cm³/mol. The van der Waals surface area contributed by atoms with E-state index in [1.54, 1.807) is 24.9 Å². The highest BCUT2D eigenvalue weighted by atomic mass is 19.1. The zero-order valence-electron chi connectivity index (χ0n) is 10.7. The number of anilines is 2. The molecule has 0 aromatic heterocycles. The van der Waals surface area contributed by atoms with E-state index in [4.69, 9.17) is 5.73 Å². The summed E-state index contributed by atoms with van der Waals surface area (Å²) in [7, 11) is 1.77. The average molecular weight is 251 g/mol. The lowest BCUT2D eigenvalue weighted by atomic mass is 10.1. The summed E-state index contributed by atoms with van der Waals surface area (Å²) < 4.78 is 13.3. The Hall–Kier alpha value is -1.78. The smallest absolute Gasteiger partial charge is 0.239 e. The van der Waals surface area contributed by atoms with E-state index >= 15 is 0 Å². The number of nitrogen functional groups attached to an aromatic ring is 1. The van der Waals surface area contributed by atoms with Gasteiger partial charge in [0.2, 0.25) is 5.91 Å². The van der Waals surface area contributed by atoms with Crippen molar-refractivity contribution >= 4 is 17.3 Å². The number of hydrogen-bond donors (Lipinski definition) is 2. The van der Waals surface area contributed by atoms with Gasteiger partial charge in [0.25, 0.3) is 0 Å². The summed E-state index contributed by atoms with van der Waals surface area (Å²) in [6, 6.07) is 3.30. The van der Waals surface area contributed by atoms with Gasteiger partial charge in [0.1, 0.15) is 5.82 Å². The minimum absolute atomic E-state index is 0.0265. The summed E-state index contributed by atoms with van der Waals surface area (Å²) in [6.45, 7) is 1.90. The Morgan fingerprint density at radius 2 is 2.22 bits per heavy atom. The molecule has 18 heavy (non-hydrogen) atoms. The molecule has 0 heterocycles. The largest absolute Gasteiger partial charge is 0.397 e. The third-order valence-corrected chi connectivity index (χ3v) is 3.04. The SMILES string of the molecule is Cc1cc(N(C)CC(=O)NC2CC2)c(N)cc1F. The first-order chi connectivity index (χ1) is 8.47. The van der Waals surface area contributed by atoms with Gasteiger partial charge in [-0.3, -0.25) is 4.79 Å². The first-order valence-corrected chi connectivity index (χ1v) is 6.03. The van der Waals surface area contributed by atoms with Crippen LogP contribution in [0.3, 0.4) is 0 Å². The van der Waals surface area contributed by atoms with Crippen LogP contribution in [-0.4, -0.2) is 25.5 Å². The molecule has 98 valence electrons. The quantitative estimate of drug-likeness (QED) is 0.796. The molecule has 0 radical (unpaired) electrons. The summed E-state index contributed by atoms with van der Waals surface area (Å²) in [5, 5.41) is 2.90. The number of nitrogens with one attached hydrogen (secondary N) is 1. The van der Waals surface area contributed by atoms with E-state index in [2.05, 4.69) is 5.32 Å². The van der Waals surface area contributed by atoms with E-state index in [0.717, 1.165) is 12.8 Å². The number of nitrogens with zero attached hydrogens (tertiary/aromatic N) is 1. The van der Waals surface area contributed by atoms with E-state index in [1.807, 2.05) is 0 Å². The Kier molecular flexibility index (Phi) is 3.41. The van der Waals surface area contributed by atoms with Crippen molar-refractivity contribution in [2.75, 3.05) is 24.2 Å². The molecule has 0 unspecified atom stereocenters. The first kappa shape index (κ1) is 12.7. The third kappa shape index (κ3) is 2.91. The highest BCUT2D eigenvalue weighted by Crippen LogP contribution is 2.25. The Bertz CT molecular complexity index is 472. The lowest BCUT2D eigenvalue weighted by Crippen LogP contribution is -2.36. The second-order valence-electron chi connectivity index (χ2n) is 4.86. The topological polar surface area (TPSA) is 58.4 Å². The van der Waals surface area contributed by atoms with Crippen LogP contribution in [0.2, 0.25) is 0 Å². The highest BCUT2D eigenvalue weighted by Gasteiger charge is 2.23. The third-order valence-electron chi connectivity index (χ3n) is 3.04. The molecule has 1 fully saturated rings. The number of aryl methyl sites for hydroxylation is 1. The average Bonchev–Trinajstić information content (AvgIpc) is 3.06. The number of carbonyl (C=O) groups is 1. The molecular weight excluding hydrogens is 233 g/mol. The fourth-order valence-electron chi connectivity index (χ4n) is 1.81. The van der Waals surface area contributed by atoms with E-state index in [0.29, 0.717) is 23.0 Å². The van der Waals surface area contributed by atoms with Gasteiger partial charge >= 0.3 is 0 Å². The van der Waals surface area contributed by atoms with Gasteiger partial charge in [-0.25, -0.2) is 4.39 Å². The van der Waals surface area contributed by atoms with Crippen LogP contribution in [0, 0.1) is 12.7 Å². The molecule has 2 rings (SSSR count).